The average Bonchev–Trinajstić information content (AvgIpc) is 2.90. The maximum atomic E-state index is 5.43. The van der Waals surface area contributed by atoms with Crippen LogP contribution < -0.4 is 5.32 Å². The lowest BCUT2D eigenvalue weighted by molar-refractivity contribution is 0.0778. The third kappa shape index (κ3) is 2.41. The Kier molecular flexibility index (Phi) is 3.58. The quantitative estimate of drug-likeness (QED) is 0.829. The summed E-state index contributed by atoms with van der Waals surface area (Å²) < 4.78 is 10.8. The number of ether oxygens (including phenoxy) is 1. The van der Waals surface area contributed by atoms with E-state index in [1.54, 1.807) is 0 Å². The molecule has 100 valence electrons. The van der Waals surface area contributed by atoms with Crippen LogP contribution in [0.25, 0.3) is 0 Å². The van der Waals surface area contributed by atoms with Crippen LogP contribution in [-0.4, -0.2) is 54.9 Å². The lowest BCUT2D eigenvalue weighted by Crippen LogP contribution is -2.44. The molecule has 2 fully saturated rings. The molecule has 1 aromatic heterocycles. The molecule has 1 atom stereocenters. The van der Waals surface area contributed by atoms with Crippen LogP contribution >= 0.6 is 0 Å². The molecule has 1 aromatic rings. The number of rotatable bonds is 2. The van der Waals surface area contributed by atoms with Crippen molar-refractivity contribution >= 4 is 0 Å². The molecule has 18 heavy (non-hydrogen) atoms. The summed E-state index contributed by atoms with van der Waals surface area (Å²) in [4.78, 5) is 6.87. The van der Waals surface area contributed by atoms with E-state index in [4.69, 9.17) is 9.26 Å². The largest absolute Gasteiger partial charge is 0.381 e. The van der Waals surface area contributed by atoms with Crippen molar-refractivity contribution < 1.29 is 9.26 Å². The van der Waals surface area contributed by atoms with Crippen molar-refractivity contribution in [3.8, 4) is 0 Å². The Bertz CT molecular complexity index is 389. The molecule has 0 aromatic carbocycles. The van der Waals surface area contributed by atoms with Crippen LogP contribution in [0.4, 0.5) is 0 Å². The van der Waals surface area contributed by atoms with Gasteiger partial charge in [0.05, 0.1) is 6.04 Å². The van der Waals surface area contributed by atoms with Crippen LogP contribution in [0.1, 0.15) is 36.5 Å². The van der Waals surface area contributed by atoms with E-state index in [1.165, 1.54) is 0 Å². The fourth-order valence-electron chi connectivity index (χ4n) is 2.59. The van der Waals surface area contributed by atoms with Gasteiger partial charge < -0.3 is 14.6 Å². The SMILES string of the molecule is CN1CCNCC1c1noc(C2CCOCC2)n1. The lowest BCUT2D eigenvalue weighted by atomic mass is 10.0. The Morgan fingerprint density at radius 1 is 1.33 bits per heavy atom. The molecular formula is C12H20N4O2. The molecule has 0 saturated carbocycles. The minimum atomic E-state index is 0.232. The minimum Gasteiger partial charge on any atom is -0.381 e. The van der Waals surface area contributed by atoms with Crippen LogP contribution in [0.15, 0.2) is 4.52 Å². The Balaban J connectivity index is 1.71. The molecule has 3 rings (SSSR count). The summed E-state index contributed by atoms with van der Waals surface area (Å²) in [6.45, 7) is 4.53. The number of nitrogens with one attached hydrogen (secondary N) is 1. The van der Waals surface area contributed by atoms with Crippen LogP contribution in [0.5, 0.6) is 0 Å². The molecule has 3 heterocycles. The zero-order valence-electron chi connectivity index (χ0n) is 10.8. The first kappa shape index (κ1) is 12.1. The zero-order valence-corrected chi connectivity index (χ0v) is 10.8. The van der Waals surface area contributed by atoms with Crippen molar-refractivity contribution in [1.29, 1.82) is 0 Å². The van der Waals surface area contributed by atoms with Gasteiger partial charge in [0.1, 0.15) is 0 Å². The van der Waals surface area contributed by atoms with Crippen molar-refractivity contribution in [2.45, 2.75) is 24.8 Å². The molecule has 0 aliphatic carbocycles. The average molecular weight is 252 g/mol. The van der Waals surface area contributed by atoms with Gasteiger partial charge in [0.15, 0.2) is 5.82 Å². The summed E-state index contributed by atoms with van der Waals surface area (Å²) >= 11 is 0. The Hall–Kier alpha value is -0.980. The maximum absolute atomic E-state index is 5.43. The Morgan fingerprint density at radius 2 is 2.17 bits per heavy atom. The van der Waals surface area contributed by atoms with Crippen molar-refractivity contribution in [2.24, 2.45) is 0 Å². The van der Waals surface area contributed by atoms with Crippen LogP contribution in [0.3, 0.4) is 0 Å². The van der Waals surface area contributed by atoms with E-state index in [1.807, 2.05) is 0 Å². The molecule has 2 aliphatic rings. The molecular weight excluding hydrogens is 232 g/mol. The summed E-state index contributed by atoms with van der Waals surface area (Å²) in [5.41, 5.74) is 0. The summed E-state index contributed by atoms with van der Waals surface area (Å²) in [5.74, 6) is 1.97. The predicted octanol–water partition coefficient (Wildman–Crippen LogP) is 0.540. The van der Waals surface area contributed by atoms with Gasteiger partial charge in [0.25, 0.3) is 0 Å². The van der Waals surface area contributed by atoms with Gasteiger partial charge in [-0.1, -0.05) is 5.16 Å². The molecule has 6 nitrogen and oxygen atoms in total. The fourth-order valence-corrected chi connectivity index (χ4v) is 2.59. The molecule has 0 spiro atoms. The summed E-state index contributed by atoms with van der Waals surface area (Å²) in [5, 5.41) is 7.53. The third-order valence-corrected chi connectivity index (χ3v) is 3.84. The Labute approximate surface area is 107 Å². The van der Waals surface area contributed by atoms with Gasteiger partial charge in [0, 0.05) is 38.8 Å². The van der Waals surface area contributed by atoms with E-state index in [-0.39, 0.29) is 6.04 Å². The first-order chi connectivity index (χ1) is 8.84. The van der Waals surface area contributed by atoms with Gasteiger partial charge >= 0.3 is 0 Å². The van der Waals surface area contributed by atoms with Gasteiger partial charge in [-0.05, 0) is 19.9 Å². The molecule has 0 amide bonds. The van der Waals surface area contributed by atoms with E-state index in [0.717, 1.165) is 57.4 Å². The molecule has 1 N–H and O–H groups in total. The highest BCUT2D eigenvalue weighted by molar-refractivity contribution is 5.01. The fraction of sp³-hybridized carbons (Fsp3) is 0.833. The summed E-state index contributed by atoms with van der Waals surface area (Å²) in [6.07, 6.45) is 1.97. The first-order valence-corrected chi connectivity index (χ1v) is 6.67. The van der Waals surface area contributed by atoms with Gasteiger partial charge in [-0.3, -0.25) is 4.90 Å². The minimum absolute atomic E-state index is 0.232. The highest BCUT2D eigenvalue weighted by atomic mass is 16.5. The molecule has 0 radical (unpaired) electrons. The van der Waals surface area contributed by atoms with Crippen molar-refractivity contribution in [3.63, 3.8) is 0 Å². The second kappa shape index (κ2) is 5.34. The molecule has 6 heteroatoms. The lowest BCUT2D eigenvalue weighted by Gasteiger charge is -2.30. The van der Waals surface area contributed by atoms with E-state index < -0.39 is 0 Å². The van der Waals surface area contributed by atoms with E-state index >= 15 is 0 Å². The topological polar surface area (TPSA) is 63.4 Å². The molecule has 0 bridgehead atoms. The number of piperazine rings is 1. The van der Waals surface area contributed by atoms with Gasteiger partial charge in [0.2, 0.25) is 5.89 Å². The van der Waals surface area contributed by atoms with Crippen molar-refractivity contribution in [1.82, 2.24) is 20.4 Å². The summed E-state index contributed by atoms with van der Waals surface area (Å²) in [6, 6.07) is 0.232. The molecule has 2 saturated heterocycles. The number of hydrogen-bond acceptors (Lipinski definition) is 6. The zero-order chi connectivity index (χ0) is 12.4. The van der Waals surface area contributed by atoms with E-state index in [9.17, 15) is 0 Å². The first-order valence-electron chi connectivity index (χ1n) is 6.67. The van der Waals surface area contributed by atoms with Crippen LogP contribution in [-0.2, 0) is 4.74 Å². The van der Waals surface area contributed by atoms with Crippen LogP contribution in [0, 0.1) is 0 Å². The highest BCUT2D eigenvalue weighted by Crippen LogP contribution is 2.27. The standard InChI is InChI=1S/C12H20N4O2/c1-16-5-4-13-8-10(16)11-14-12(18-15-11)9-2-6-17-7-3-9/h9-10,13H,2-8H2,1H3. The molecule has 1 unspecified atom stereocenters. The Morgan fingerprint density at radius 3 is 2.94 bits per heavy atom. The van der Waals surface area contributed by atoms with Crippen LogP contribution in [0.2, 0.25) is 0 Å². The summed E-state index contributed by atoms with van der Waals surface area (Å²) in [7, 11) is 2.11. The van der Waals surface area contributed by atoms with Crippen molar-refractivity contribution in [3.05, 3.63) is 11.7 Å². The normalized spacial score (nSPS) is 27.5. The van der Waals surface area contributed by atoms with Crippen molar-refractivity contribution in [2.75, 3.05) is 39.9 Å². The predicted molar refractivity (Wildman–Crippen MR) is 65.3 cm³/mol. The number of hydrogen-bond donors (Lipinski definition) is 1. The second-order valence-electron chi connectivity index (χ2n) is 5.08. The van der Waals surface area contributed by atoms with Gasteiger partial charge in [-0.15, -0.1) is 0 Å². The highest BCUT2D eigenvalue weighted by Gasteiger charge is 2.28. The van der Waals surface area contributed by atoms with E-state index in [0.29, 0.717) is 5.92 Å². The van der Waals surface area contributed by atoms with E-state index in [2.05, 4.69) is 27.4 Å². The number of nitrogens with zero attached hydrogens (tertiary/aromatic N) is 3. The monoisotopic (exact) mass is 252 g/mol. The van der Waals surface area contributed by atoms with Gasteiger partial charge in [-0.25, -0.2) is 0 Å². The smallest absolute Gasteiger partial charge is 0.229 e. The van der Waals surface area contributed by atoms with Gasteiger partial charge in [-0.2, -0.15) is 4.98 Å². The second-order valence-corrected chi connectivity index (χ2v) is 5.08. The third-order valence-electron chi connectivity index (χ3n) is 3.84. The maximum Gasteiger partial charge on any atom is 0.229 e. The number of aromatic nitrogens is 2. The molecule has 2 aliphatic heterocycles. The number of likely N-dealkylation sites (N-methyl/N-ethyl adjacent to an activating group) is 1.